The zero-order valence-electron chi connectivity index (χ0n) is 18.2. The zero-order chi connectivity index (χ0) is 22.7. The van der Waals surface area contributed by atoms with Crippen molar-refractivity contribution in [3.63, 3.8) is 0 Å². The Morgan fingerprint density at radius 3 is 2.75 bits per heavy atom. The molecule has 2 heterocycles. The van der Waals surface area contributed by atoms with E-state index in [1.54, 1.807) is 19.1 Å². The number of fused-ring (bicyclic) bond motifs is 1. The molecule has 4 rings (SSSR count). The van der Waals surface area contributed by atoms with Gasteiger partial charge < -0.3 is 24.4 Å². The van der Waals surface area contributed by atoms with Crippen LogP contribution in [0.25, 0.3) is 10.2 Å². The lowest BCUT2D eigenvalue weighted by atomic mass is 9.98. The Balaban J connectivity index is 1.42. The van der Waals surface area contributed by atoms with Gasteiger partial charge in [0.15, 0.2) is 16.6 Å². The molecule has 1 fully saturated rings. The molecule has 1 saturated heterocycles. The number of anilines is 1. The number of hydrogen-bond donors (Lipinski definition) is 1. The van der Waals surface area contributed by atoms with Crippen molar-refractivity contribution in [1.82, 2.24) is 9.88 Å². The zero-order valence-corrected chi connectivity index (χ0v) is 19.0. The Kier molecular flexibility index (Phi) is 6.45. The van der Waals surface area contributed by atoms with Gasteiger partial charge in [0.2, 0.25) is 11.8 Å². The number of benzene rings is 2. The Labute approximate surface area is 190 Å². The third-order valence-corrected chi connectivity index (χ3v) is 6.29. The summed E-state index contributed by atoms with van der Waals surface area (Å²) in [6, 6.07) is 11.3. The van der Waals surface area contributed by atoms with Crippen LogP contribution in [0.4, 0.5) is 5.13 Å². The van der Waals surface area contributed by atoms with Gasteiger partial charge in [-0.05, 0) is 36.8 Å². The molecule has 1 unspecified atom stereocenters. The van der Waals surface area contributed by atoms with Gasteiger partial charge in [-0.2, -0.15) is 0 Å². The van der Waals surface area contributed by atoms with E-state index in [1.807, 2.05) is 43.3 Å². The van der Waals surface area contributed by atoms with Gasteiger partial charge in [-0.15, -0.1) is 0 Å². The second-order valence-electron chi connectivity index (χ2n) is 7.39. The van der Waals surface area contributed by atoms with Crippen LogP contribution in [0.15, 0.2) is 36.4 Å². The van der Waals surface area contributed by atoms with Gasteiger partial charge in [-0.1, -0.05) is 23.5 Å². The number of ether oxygens (including phenoxy) is 3. The van der Waals surface area contributed by atoms with E-state index in [1.165, 1.54) is 11.3 Å². The monoisotopic (exact) mass is 455 g/mol. The molecular formula is C23H25N3O5S. The highest BCUT2D eigenvalue weighted by Crippen LogP contribution is 2.35. The summed E-state index contributed by atoms with van der Waals surface area (Å²) in [6.07, 6.45) is 0.351. The summed E-state index contributed by atoms with van der Waals surface area (Å²) >= 11 is 1.37. The van der Waals surface area contributed by atoms with E-state index in [0.29, 0.717) is 47.5 Å². The van der Waals surface area contributed by atoms with Gasteiger partial charge in [-0.25, -0.2) is 4.98 Å². The van der Waals surface area contributed by atoms with Gasteiger partial charge in [0.05, 0.1) is 32.1 Å². The molecule has 8 nitrogen and oxygen atoms in total. The second-order valence-corrected chi connectivity index (χ2v) is 8.42. The predicted octanol–water partition coefficient (Wildman–Crippen LogP) is 3.67. The molecule has 168 valence electrons. The Morgan fingerprint density at radius 1 is 1.19 bits per heavy atom. The fraction of sp³-hybridized carbons (Fsp3) is 0.348. The summed E-state index contributed by atoms with van der Waals surface area (Å²) in [5.74, 6) is 1.63. The minimum Gasteiger partial charge on any atom is -0.494 e. The summed E-state index contributed by atoms with van der Waals surface area (Å²) in [5.41, 5.74) is 1.70. The third kappa shape index (κ3) is 4.47. The normalized spacial score (nSPS) is 15.8. The first-order valence-corrected chi connectivity index (χ1v) is 11.2. The van der Waals surface area contributed by atoms with Crippen LogP contribution in [0, 0.1) is 0 Å². The molecule has 1 N–H and O–H groups in total. The van der Waals surface area contributed by atoms with Crippen LogP contribution < -0.4 is 19.5 Å². The first-order valence-electron chi connectivity index (χ1n) is 10.3. The summed E-state index contributed by atoms with van der Waals surface area (Å²) in [4.78, 5) is 31.2. The van der Waals surface area contributed by atoms with Crippen LogP contribution in [-0.2, 0) is 9.59 Å². The quantitative estimate of drug-likeness (QED) is 0.558. The standard InChI is InChI=1S/C23H25N3O5S/c1-4-31-18-10-14(8-9-16(18)29-2)15-11-21(28)26(12-15)13-20(27)24-23-25-22-17(30-3)6-5-7-19(22)32-23/h5-10,15H,4,11-13H2,1-3H3,(H,24,25,27). The fourth-order valence-electron chi connectivity index (χ4n) is 3.84. The Morgan fingerprint density at radius 2 is 2.00 bits per heavy atom. The van der Waals surface area contributed by atoms with E-state index in [2.05, 4.69) is 10.3 Å². The molecule has 0 saturated carbocycles. The molecule has 9 heteroatoms. The van der Waals surface area contributed by atoms with E-state index in [-0.39, 0.29) is 24.3 Å². The molecule has 2 amide bonds. The first-order chi connectivity index (χ1) is 15.5. The summed E-state index contributed by atoms with van der Waals surface area (Å²) in [7, 11) is 3.18. The topological polar surface area (TPSA) is 90.0 Å². The number of hydrogen-bond acceptors (Lipinski definition) is 7. The molecule has 3 aromatic rings. The number of carbonyl (C=O) groups excluding carboxylic acids is 2. The van der Waals surface area contributed by atoms with Crippen LogP contribution in [0.5, 0.6) is 17.2 Å². The second kappa shape index (κ2) is 9.44. The average Bonchev–Trinajstić information content (AvgIpc) is 3.36. The number of rotatable bonds is 8. The highest BCUT2D eigenvalue weighted by molar-refractivity contribution is 7.22. The maximum Gasteiger partial charge on any atom is 0.245 e. The van der Waals surface area contributed by atoms with Crippen molar-refractivity contribution in [3.05, 3.63) is 42.0 Å². The lowest BCUT2D eigenvalue weighted by molar-refractivity contribution is -0.131. The van der Waals surface area contributed by atoms with Crippen molar-refractivity contribution in [3.8, 4) is 17.2 Å². The number of methoxy groups -OCH3 is 2. The maximum atomic E-state index is 12.6. The largest absolute Gasteiger partial charge is 0.494 e. The molecule has 1 aromatic heterocycles. The minimum absolute atomic E-state index is 0.00729. The number of nitrogens with one attached hydrogen (secondary N) is 1. The van der Waals surface area contributed by atoms with Crippen molar-refractivity contribution in [2.24, 2.45) is 0 Å². The number of carbonyl (C=O) groups is 2. The molecule has 1 aliphatic rings. The smallest absolute Gasteiger partial charge is 0.245 e. The molecule has 2 aromatic carbocycles. The van der Waals surface area contributed by atoms with Gasteiger partial charge in [0, 0.05) is 18.9 Å². The molecule has 0 radical (unpaired) electrons. The average molecular weight is 456 g/mol. The van der Waals surface area contributed by atoms with Crippen molar-refractivity contribution in [2.45, 2.75) is 19.3 Å². The number of amides is 2. The summed E-state index contributed by atoms with van der Waals surface area (Å²) in [5, 5.41) is 3.29. The van der Waals surface area contributed by atoms with Gasteiger partial charge in [0.1, 0.15) is 11.3 Å². The number of aromatic nitrogens is 1. The van der Waals surface area contributed by atoms with Crippen molar-refractivity contribution in [1.29, 1.82) is 0 Å². The molecule has 1 atom stereocenters. The van der Waals surface area contributed by atoms with Crippen molar-refractivity contribution >= 4 is 38.5 Å². The molecule has 0 aliphatic carbocycles. The summed E-state index contributed by atoms with van der Waals surface area (Å²) in [6.45, 7) is 2.88. The van der Waals surface area contributed by atoms with E-state index in [0.717, 1.165) is 10.3 Å². The lowest BCUT2D eigenvalue weighted by Gasteiger charge is -2.17. The van der Waals surface area contributed by atoms with Crippen molar-refractivity contribution in [2.75, 3.05) is 39.2 Å². The van der Waals surface area contributed by atoms with Crippen LogP contribution in [0.2, 0.25) is 0 Å². The van der Waals surface area contributed by atoms with Crippen LogP contribution in [0.1, 0.15) is 24.8 Å². The number of likely N-dealkylation sites (tertiary alicyclic amines) is 1. The van der Waals surface area contributed by atoms with E-state index >= 15 is 0 Å². The van der Waals surface area contributed by atoms with Gasteiger partial charge >= 0.3 is 0 Å². The highest BCUT2D eigenvalue weighted by atomic mass is 32.1. The maximum absolute atomic E-state index is 12.6. The van der Waals surface area contributed by atoms with Crippen LogP contribution in [-0.4, -0.2) is 55.6 Å². The Hall–Kier alpha value is -3.33. The minimum atomic E-state index is -0.276. The molecule has 32 heavy (non-hydrogen) atoms. The molecular weight excluding hydrogens is 430 g/mol. The highest BCUT2D eigenvalue weighted by Gasteiger charge is 2.32. The Bertz CT molecular complexity index is 1150. The predicted molar refractivity (Wildman–Crippen MR) is 123 cm³/mol. The number of thiazole rings is 1. The number of para-hydroxylation sites is 1. The van der Waals surface area contributed by atoms with E-state index in [4.69, 9.17) is 14.2 Å². The lowest BCUT2D eigenvalue weighted by Crippen LogP contribution is -2.34. The molecule has 0 bridgehead atoms. The molecule has 0 spiro atoms. The van der Waals surface area contributed by atoms with Gasteiger partial charge in [0.25, 0.3) is 0 Å². The first kappa shape index (κ1) is 21.9. The fourth-order valence-corrected chi connectivity index (χ4v) is 4.74. The van der Waals surface area contributed by atoms with Crippen LogP contribution in [0.3, 0.4) is 0 Å². The van der Waals surface area contributed by atoms with Crippen molar-refractivity contribution < 1.29 is 23.8 Å². The van der Waals surface area contributed by atoms with Gasteiger partial charge in [-0.3, -0.25) is 9.59 Å². The molecule has 1 aliphatic heterocycles. The summed E-state index contributed by atoms with van der Waals surface area (Å²) < 4.78 is 17.2. The third-order valence-electron chi connectivity index (χ3n) is 5.36. The number of nitrogens with zero attached hydrogens (tertiary/aromatic N) is 2. The SMILES string of the molecule is CCOc1cc(C2CC(=O)N(CC(=O)Nc3nc4c(OC)cccc4s3)C2)ccc1OC. The van der Waals surface area contributed by atoms with E-state index in [9.17, 15) is 9.59 Å². The van der Waals surface area contributed by atoms with E-state index < -0.39 is 0 Å². The van der Waals surface area contributed by atoms with Crippen LogP contribution >= 0.6 is 11.3 Å².